The fourth-order valence-corrected chi connectivity index (χ4v) is 5.35. The van der Waals surface area contributed by atoms with Crippen molar-refractivity contribution in [3.05, 3.63) is 90.6 Å². The molecule has 0 aliphatic carbocycles. The van der Waals surface area contributed by atoms with Crippen LogP contribution in [0.5, 0.6) is 0 Å². The topological polar surface area (TPSA) is 42.4 Å². The van der Waals surface area contributed by atoms with Crippen molar-refractivity contribution >= 4 is 16.9 Å². The van der Waals surface area contributed by atoms with Crippen LogP contribution in [0.15, 0.2) is 79.5 Å². The van der Waals surface area contributed by atoms with E-state index >= 15 is 0 Å². The molecule has 3 fully saturated rings. The van der Waals surface area contributed by atoms with E-state index in [-0.39, 0.29) is 24.5 Å². The Morgan fingerprint density at radius 3 is 2.74 bits per heavy atom. The quantitative estimate of drug-likeness (QED) is 0.424. The van der Waals surface area contributed by atoms with Crippen molar-refractivity contribution in [2.45, 2.75) is 31.4 Å². The molecule has 3 aliphatic heterocycles. The molecule has 3 aromatic rings. The number of esters is 1. The van der Waals surface area contributed by atoms with Crippen LogP contribution < -0.4 is 0 Å². The number of carbonyl (C=O) groups excluding carboxylic acids is 1. The predicted octanol–water partition coefficient (Wildman–Crippen LogP) is 4.96. The molecule has 4 heteroatoms. The van der Waals surface area contributed by atoms with Gasteiger partial charge in [0.05, 0.1) is 18.0 Å². The van der Waals surface area contributed by atoms with Gasteiger partial charge < -0.3 is 4.74 Å². The van der Waals surface area contributed by atoms with Crippen molar-refractivity contribution in [2.24, 2.45) is 11.8 Å². The first-order valence-corrected chi connectivity index (χ1v) is 11.2. The molecule has 0 spiro atoms. The van der Waals surface area contributed by atoms with E-state index in [9.17, 15) is 4.79 Å². The Kier molecular flexibility index (Phi) is 5.56. The van der Waals surface area contributed by atoms with Crippen LogP contribution in [0.3, 0.4) is 0 Å². The van der Waals surface area contributed by atoms with Crippen molar-refractivity contribution < 1.29 is 9.53 Å². The maximum absolute atomic E-state index is 13.0. The molecular formula is C27H28N2O2. The monoisotopic (exact) mass is 412 g/mol. The lowest BCUT2D eigenvalue weighted by Gasteiger charge is -2.51. The smallest absolute Gasteiger partial charge is 0.310 e. The molecule has 5 atom stereocenters. The summed E-state index contributed by atoms with van der Waals surface area (Å²) in [5.41, 5.74) is 2.96. The molecule has 6 rings (SSSR count). The van der Waals surface area contributed by atoms with Gasteiger partial charge in [0, 0.05) is 23.7 Å². The largest absolute Gasteiger partial charge is 0.456 e. The molecule has 31 heavy (non-hydrogen) atoms. The number of hydrogen-bond donors (Lipinski definition) is 0. The second kappa shape index (κ2) is 8.64. The highest BCUT2D eigenvalue weighted by atomic mass is 16.5. The highest BCUT2D eigenvalue weighted by Gasteiger charge is 2.44. The SMILES string of the molecule is C=C[C@H]1CN2CC[C@H]1C[C@H]2[C@H](OC(=O)Cc1ccccc1)c1ccnc2ccccc12. The van der Waals surface area contributed by atoms with Crippen molar-refractivity contribution in [3.63, 3.8) is 0 Å². The van der Waals surface area contributed by atoms with E-state index in [1.807, 2.05) is 60.8 Å². The average Bonchev–Trinajstić information content (AvgIpc) is 2.83. The maximum atomic E-state index is 13.0. The third kappa shape index (κ3) is 4.00. The summed E-state index contributed by atoms with van der Waals surface area (Å²) in [4.78, 5) is 20.1. The van der Waals surface area contributed by atoms with Gasteiger partial charge in [0.1, 0.15) is 6.10 Å². The van der Waals surface area contributed by atoms with E-state index in [1.165, 1.54) is 6.42 Å². The van der Waals surface area contributed by atoms with E-state index in [1.54, 1.807) is 0 Å². The number of nitrogens with zero attached hydrogens (tertiary/aromatic N) is 2. The van der Waals surface area contributed by atoms with E-state index in [2.05, 4.69) is 28.6 Å². The third-order valence-corrected chi connectivity index (χ3v) is 6.94. The lowest BCUT2D eigenvalue weighted by atomic mass is 9.73. The van der Waals surface area contributed by atoms with Crippen molar-refractivity contribution in [2.75, 3.05) is 13.1 Å². The number of piperidine rings is 3. The number of hydrogen-bond acceptors (Lipinski definition) is 4. The van der Waals surface area contributed by atoms with Gasteiger partial charge in [0.2, 0.25) is 0 Å². The van der Waals surface area contributed by atoms with Crippen molar-refractivity contribution in [3.8, 4) is 0 Å². The minimum absolute atomic E-state index is 0.181. The van der Waals surface area contributed by atoms with Crippen LogP contribution >= 0.6 is 0 Å². The van der Waals surface area contributed by atoms with Gasteiger partial charge in [-0.25, -0.2) is 0 Å². The van der Waals surface area contributed by atoms with Crippen molar-refractivity contribution in [1.82, 2.24) is 9.88 Å². The molecule has 0 amide bonds. The summed E-state index contributed by atoms with van der Waals surface area (Å²) in [7, 11) is 0. The Labute approximate surface area is 183 Å². The number of para-hydroxylation sites is 1. The van der Waals surface area contributed by atoms with Gasteiger partial charge in [0.15, 0.2) is 0 Å². The van der Waals surface area contributed by atoms with Crippen LogP contribution in [-0.4, -0.2) is 35.0 Å². The fourth-order valence-electron chi connectivity index (χ4n) is 5.35. The van der Waals surface area contributed by atoms with Crippen LogP contribution in [0.1, 0.15) is 30.1 Å². The molecular weight excluding hydrogens is 384 g/mol. The molecule has 0 saturated carbocycles. The van der Waals surface area contributed by atoms with Crippen LogP contribution in [-0.2, 0) is 16.0 Å². The molecule has 2 bridgehead atoms. The standard InChI is InChI=1S/C27H28N2O2/c1-2-20-18-29-15-13-21(20)17-25(29)27(31-26(30)16-19-8-4-3-5-9-19)23-12-14-28-24-11-7-6-10-22(23)24/h2-12,14,20-21,25,27H,1,13,15-18H2/t20-,21-,25-,27+/m0/s1. The summed E-state index contributed by atoms with van der Waals surface area (Å²) >= 11 is 0. The lowest BCUT2D eigenvalue weighted by Crippen LogP contribution is -2.55. The first-order valence-electron chi connectivity index (χ1n) is 11.2. The Hall–Kier alpha value is -2.98. The second-order valence-corrected chi connectivity index (χ2v) is 8.74. The average molecular weight is 413 g/mol. The Bertz CT molecular complexity index is 1080. The number of carbonyl (C=O) groups is 1. The molecule has 4 nitrogen and oxygen atoms in total. The van der Waals surface area contributed by atoms with Crippen LogP contribution in [0.2, 0.25) is 0 Å². The molecule has 3 aliphatic rings. The minimum Gasteiger partial charge on any atom is -0.456 e. The van der Waals surface area contributed by atoms with Crippen LogP contribution in [0.25, 0.3) is 10.9 Å². The number of aromatic nitrogens is 1. The summed E-state index contributed by atoms with van der Waals surface area (Å²) in [5.74, 6) is 0.954. The van der Waals surface area contributed by atoms with Gasteiger partial charge in [-0.1, -0.05) is 54.6 Å². The molecule has 4 heterocycles. The van der Waals surface area contributed by atoms with E-state index in [0.717, 1.165) is 41.5 Å². The zero-order valence-electron chi connectivity index (χ0n) is 17.7. The number of ether oxygens (including phenoxy) is 1. The van der Waals surface area contributed by atoms with Gasteiger partial charge in [-0.05, 0) is 48.9 Å². The van der Waals surface area contributed by atoms with Gasteiger partial charge in [-0.3, -0.25) is 14.7 Å². The second-order valence-electron chi connectivity index (χ2n) is 8.74. The molecule has 3 saturated heterocycles. The van der Waals surface area contributed by atoms with E-state index in [4.69, 9.17) is 4.74 Å². The van der Waals surface area contributed by atoms with Crippen molar-refractivity contribution in [1.29, 1.82) is 0 Å². The highest BCUT2D eigenvalue weighted by Crippen LogP contribution is 2.43. The molecule has 1 unspecified atom stereocenters. The molecule has 2 aromatic carbocycles. The van der Waals surface area contributed by atoms with E-state index in [0.29, 0.717) is 11.8 Å². The number of benzene rings is 2. The highest BCUT2D eigenvalue weighted by molar-refractivity contribution is 5.83. The molecule has 158 valence electrons. The predicted molar refractivity (Wildman–Crippen MR) is 122 cm³/mol. The number of rotatable bonds is 6. The summed E-state index contributed by atoms with van der Waals surface area (Å²) < 4.78 is 6.28. The fraction of sp³-hybridized carbons (Fsp3) is 0.333. The summed E-state index contributed by atoms with van der Waals surface area (Å²) in [6.07, 6.45) is 6.12. The van der Waals surface area contributed by atoms with Gasteiger partial charge in [0.25, 0.3) is 0 Å². The normalized spacial score (nSPS) is 25.8. The minimum atomic E-state index is -0.308. The Morgan fingerprint density at radius 1 is 1.16 bits per heavy atom. The number of fused-ring (bicyclic) bond motifs is 4. The summed E-state index contributed by atoms with van der Waals surface area (Å²) in [5, 5.41) is 1.06. The van der Waals surface area contributed by atoms with E-state index < -0.39 is 0 Å². The maximum Gasteiger partial charge on any atom is 0.310 e. The summed E-state index contributed by atoms with van der Waals surface area (Å²) in [6, 6.07) is 20.1. The summed E-state index contributed by atoms with van der Waals surface area (Å²) in [6.45, 7) is 6.09. The third-order valence-electron chi connectivity index (χ3n) is 6.94. The number of pyridine rings is 1. The Morgan fingerprint density at radius 2 is 1.97 bits per heavy atom. The zero-order valence-corrected chi connectivity index (χ0v) is 17.7. The van der Waals surface area contributed by atoms with Gasteiger partial charge in [-0.2, -0.15) is 0 Å². The zero-order chi connectivity index (χ0) is 21.2. The van der Waals surface area contributed by atoms with Gasteiger partial charge >= 0.3 is 5.97 Å². The van der Waals surface area contributed by atoms with Crippen LogP contribution in [0.4, 0.5) is 0 Å². The lowest BCUT2D eigenvalue weighted by molar-refractivity contribution is -0.156. The molecule has 1 aromatic heterocycles. The first kappa shape index (κ1) is 20.0. The molecule has 0 radical (unpaired) electrons. The Balaban J connectivity index is 1.48. The first-order chi connectivity index (χ1) is 15.2. The van der Waals surface area contributed by atoms with Crippen LogP contribution in [0, 0.1) is 11.8 Å². The van der Waals surface area contributed by atoms with Gasteiger partial charge in [-0.15, -0.1) is 6.58 Å². The molecule has 0 N–H and O–H groups in total.